The lowest BCUT2D eigenvalue weighted by Gasteiger charge is -2.36. The molecule has 6 heteroatoms. The number of hydrogen-bond donors (Lipinski definition) is 0. The lowest BCUT2D eigenvalue weighted by Crippen LogP contribution is -2.50. The van der Waals surface area contributed by atoms with Crippen LogP contribution < -0.4 is 9.47 Å². The van der Waals surface area contributed by atoms with E-state index in [9.17, 15) is 4.79 Å². The smallest absolute Gasteiger partial charge is 0.237 e. The number of rotatable bonds is 5. The molecule has 0 unspecified atom stereocenters. The standard InChI is InChI=1S/C25H29N3O3/c29-25(28-10-8-22(9-11-28)21-4-2-1-3-5-21)18-27-14-12-26(13-15-27)17-20-6-7-23-24(16-20)31-19-30-23/h1-8,16H,9-15,17-19H2. The Morgan fingerprint density at radius 1 is 0.871 bits per heavy atom. The Hall–Kier alpha value is -2.83. The molecule has 5 rings (SSSR count). The van der Waals surface area contributed by atoms with Crippen LogP contribution in [0, 0.1) is 0 Å². The second-order valence-corrected chi connectivity index (χ2v) is 8.43. The van der Waals surface area contributed by atoms with Gasteiger partial charge in [-0.25, -0.2) is 0 Å². The van der Waals surface area contributed by atoms with Crippen molar-refractivity contribution in [2.45, 2.75) is 13.0 Å². The third-order valence-corrected chi connectivity index (χ3v) is 6.37. The third-order valence-electron chi connectivity index (χ3n) is 6.37. The van der Waals surface area contributed by atoms with Crippen molar-refractivity contribution < 1.29 is 14.3 Å². The third kappa shape index (κ3) is 4.75. The van der Waals surface area contributed by atoms with Crippen molar-refractivity contribution in [3.05, 3.63) is 65.7 Å². The first-order valence-corrected chi connectivity index (χ1v) is 11.1. The molecule has 1 amide bonds. The first-order chi connectivity index (χ1) is 15.2. The molecule has 0 N–H and O–H groups in total. The molecule has 3 aliphatic heterocycles. The SMILES string of the molecule is O=C(CN1CCN(Cc2ccc3c(c2)OCO3)CC1)N1CC=C(c2ccccc2)CC1. The van der Waals surface area contributed by atoms with Crippen LogP contribution >= 0.6 is 0 Å². The van der Waals surface area contributed by atoms with E-state index in [0.29, 0.717) is 19.9 Å². The Morgan fingerprint density at radius 3 is 2.42 bits per heavy atom. The summed E-state index contributed by atoms with van der Waals surface area (Å²) in [5.74, 6) is 1.91. The molecular weight excluding hydrogens is 390 g/mol. The first kappa shape index (κ1) is 20.1. The van der Waals surface area contributed by atoms with Gasteiger partial charge in [0.05, 0.1) is 6.54 Å². The van der Waals surface area contributed by atoms with E-state index in [1.165, 1.54) is 16.7 Å². The fourth-order valence-corrected chi connectivity index (χ4v) is 4.50. The molecule has 0 spiro atoms. The van der Waals surface area contributed by atoms with E-state index in [4.69, 9.17) is 9.47 Å². The number of carbonyl (C=O) groups is 1. The van der Waals surface area contributed by atoms with Crippen LogP contribution in [0.25, 0.3) is 5.57 Å². The van der Waals surface area contributed by atoms with Crippen LogP contribution in [0.4, 0.5) is 0 Å². The van der Waals surface area contributed by atoms with Crippen molar-refractivity contribution in [3.8, 4) is 11.5 Å². The van der Waals surface area contributed by atoms with Crippen LogP contribution in [-0.4, -0.2) is 73.2 Å². The van der Waals surface area contributed by atoms with Crippen molar-refractivity contribution in [2.75, 3.05) is 52.6 Å². The van der Waals surface area contributed by atoms with Gasteiger partial charge in [0.2, 0.25) is 12.7 Å². The highest BCUT2D eigenvalue weighted by Crippen LogP contribution is 2.32. The van der Waals surface area contributed by atoms with Gasteiger partial charge in [-0.15, -0.1) is 0 Å². The van der Waals surface area contributed by atoms with E-state index >= 15 is 0 Å². The lowest BCUT2D eigenvalue weighted by molar-refractivity contribution is -0.132. The Labute approximate surface area is 183 Å². The minimum Gasteiger partial charge on any atom is -0.454 e. The van der Waals surface area contributed by atoms with Gasteiger partial charge in [-0.05, 0) is 35.3 Å². The maximum Gasteiger partial charge on any atom is 0.237 e. The van der Waals surface area contributed by atoms with E-state index in [-0.39, 0.29) is 5.91 Å². The summed E-state index contributed by atoms with van der Waals surface area (Å²) in [6.07, 6.45) is 3.14. The molecular formula is C25H29N3O3. The predicted octanol–water partition coefficient (Wildman–Crippen LogP) is 2.85. The molecule has 0 saturated carbocycles. The highest BCUT2D eigenvalue weighted by molar-refractivity contribution is 5.80. The normalized spacial score (nSPS) is 19.4. The van der Waals surface area contributed by atoms with Crippen molar-refractivity contribution in [1.29, 1.82) is 0 Å². The minimum atomic E-state index is 0.243. The monoisotopic (exact) mass is 419 g/mol. The second-order valence-electron chi connectivity index (χ2n) is 8.43. The average Bonchev–Trinajstić information content (AvgIpc) is 3.29. The summed E-state index contributed by atoms with van der Waals surface area (Å²) in [5, 5.41) is 0. The molecule has 162 valence electrons. The van der Waals surface area contributed by atoms with Gasteiger partial charge in [-0.2, -0.15) is 0 Å². The summed E-state index contributed by atoms with van der Waals surface area (Å²) in [6.45, 7) is 7.05. The molecule has 0 radical (unpaired) electrons. The molecule has 0 atom stereocenters. The number of fused-ring (bicyclic) bond motifs is 1. The highest BCUT2D eigenvalue weighted by Gasteiger charge is 2.23. The van der Waals surface area contributed by atoms with Gasteiger partial charge < -0.3 is 14.4 Å². The van der Waals surface area contributed by atoms with E-state index < -0.39 is 0 Å². The molecule has 3 heterocycles. The number of carbonyl (C=O) groups excluding carboxylic acids is 1. The van der Waals surface area contributed by atoms with Crippen LogP contribution in [0.3, 0.4) is 0 Å². The van der Waals surface area contributed by atoms with Crippen LogP contribution in [0.1, 0.15) is 17.5 Å². The molecule has 1 saturated heterocycles. The van der Waals surface area contributed by atoms with Gasteiger partial charge in [-0.3, -0.25) is 14.6 Å². The largest absolute Gasteiger partial charge is 0.454 e. The summed E-state index contributed by atoms with van der Waals surface area (Å²) in [5.41, 5.74) is 3.86. The Morgan fingerprint density at radius 2 is 1.65 bits per heavy atom. The van der Waals surface area contributed by atoms with Gasteiger partial charge in [0, 0.05) is 45.8 Å². The van der Waals surface area contributed by atoms with Gasteiger partial charge in [0.1, 0.15) is 0 Å². The lowest BCUT2D eigenvalue weighted by atomic mass is 9.99. The first-order valence-electron chi connectivity index (χ1n) is 11.1. The topological polar surface area (TPSA) is 45.3 Å². The number of amides is 1. The molecule has 2 aromatic rings. The Bertz CT molecular complexity index is 952. The van der Waals surface area contributed by atoms with Crippen molar-refractivity contribution >= 4 is 11.5 Å². The van der Waals surface area contributed by atoms with E-state index in [0.717, 1.165) is 57.2 Å². The van der Waals surface area contributed by atoms with Crippen LogP contribution in [-0.2, 0) is 11.3 Å². The molecule has 0 bridgehead atoms. The fourth-order valence-electron chi connectivity index (χ4n) is 4.50. The molecule has 0 aromatic heterocycles. The van der Waals surface area contributed by atoms with Crippen LogP contribution in [0.2, 0.25) is 0 Å². The van der Waals surface area contributed by atoms with E-state index in [2.05, 4.69) is 52.3 Å². The zero-order valence-corrected chi connectivity index (χ0v) is 17.8. The molecule has 0 aliphatic carbocycles. The van der Waals surface area contributed by atoms with E-state index in [1.54, 1.807) is 0 Å². The zero-order chi connectivity index (χ0) is 21.0. The zero-order valence-electron chi connectivity index (χ0n) is 17.8. The summed E-state index contributed by atoms with van der Waals surface area (Å²) in [7, 11) is 0. The summed E-state index contributed by atoms with van der Waals surface area (Å²) < 4.78 is 10.9. The summed E-state index contributed by atoms with van der Waals surface area (Å²) >= 11 is 0. The minimum absolute atomic E-state index is 0.243. The number of benzene rings is 2. The molecule has 3 aliphatic rings. The van der Waals surface area contributed by atoms with Crippen molar-refractivity contribution in [2.24, 2.45) is 0 Å². The fraction of sp³-hybridized carbons (Fsp3) is 0.400. The second kappa shape index (κ2) is 9.12. The molecule has 1 fully saturated rings. The Balaban J connectivity index is 1.08. The number of hydrogen-bond acceptors (Lipinski definition) is 5. The quantitative estimate of drug-likeness (QED) is 0.746. The average molecular weight is 420 g/mol. The van der Waals surface area contributed by atoms with Gasteiger partial charge in [0.15, 0.2) is 11.5 Å². The predicted molar refractivity (Wildman–Crippen MR) is 120 cm³/mol. The number of nitrogens with zero attached hydrogens (tertiary/aromatic N) is 3. The van der Waals surface area contributed by atoms with Gasteiger partial charge >= 0.3 is 0 Å². The molecule has 2 aromatic carbocycles. The highest BCUT2D eigenvalue weighted by atomic mass is 16.7. The van der Waals surface area contributed by atoms with Gasteiger partial charge in [0.25, 0.3) is 0 Å². The number of piperazine rings is 1. The summed E-state index contributed by atoms with van der Waals surface area (Å²) in [6, 6.07) is 16.6. The molecule has 6 nitrogen and oxygen atoms in total. The van der Waals surface area contributed by atoms with Crippen molar-refractivity contribution in [3.63, 3.8) is 0 Å². The van der Waals surface area contributed by atoms with Gasteiger partial charge in [-0.1, -0.05) is 42.5 Å². The molecule has 31 heavy (non-hydrogen) atoms. The number of ether oxygens (including phenoxy) is 2. The Kier molecular flexibility index (Phi) is 5.91. The summed E-state index contributed by atoms with van der Waals surface area (Å²) in [4.78, 5) is 19.5. The van der Waals surface area contributed by atoms with Crippen molar-refractivity contribution in [1.82, 2.24) is 14.7 Å². The van der Waals surface area contributed by atoms with Crippen LogP contribution in [0.5, 0.6) is 11.5 Å². The maximum absolute atomic E-state index is 12.8. The van der Waals surface area contributed by atoms with Crippen LogP contribution in [0.15, 0.2) is 54.6 Å². The van der Waals surface area contributed by atoms with E-state index in [1.807, 2.05) is 17.0 Å². The maximum atomic E-state index is 12.8.